The van der Waals surface area contributed by atoms with Crippen LogP contribution in [0.1, 0.15) is 112 Å². The van der Waals surface area contributed by atoms with Gasteiger partial charge in [-0.1, -0.05) is 53.2 Å². The summed E-state index contributed by atoms with van der Waals surface area (Å²) in [6.07, 6.45) is 10.6. The number of ether oxygens (including phenoxy) is 3. The molecule has 4 saturated carbocycles. The Morgan fingerprint density at radius 1 is 0.889 bits per heavy atom. The van der Waals surface area contributed by atoms with Crippen molar-refractivity contribution in [2.45, 2.75) is 119 Å². The van der Waals surface area contributed by atoms with E-state index >= 15 is 0 Å². The van der Waals surface area contributed by atoms with Gasteiger partial charge in [0.05, 0.1) is 32.3 Å². The first-order valence-electron chi connectivity index (χ1n) is 17.3. The fraction of sp³-hybridized carbons (Fsp3) is 0.744. The molecule has 45 heavy (non-hydrogen) atoms. The predicted octanol–water partition coefficient (Wildman–Crippen LogP) is 8.65. The highest BCUT2D eigenvalue weighted by Crippen LogP contribution is 2.75. The highest BCUT2D eigenvalue weighted by Gasteiger charge is 2.70. The number of carbonyl (C=O) groups is 2. The molecular formula is C39H56O6. The summed E-state index contributed by atoms with van der Waals surface area (Å²) in [4.78, 5) is 27.0. The maximum atomic E-state index is 14.6. The van der Waals surface area contributed by atoms with E-state index < -0.39 is 11.4 Å². The first-order valence-corrected chi connectivity index (χ1v) is 17.3. The summed E-state index contributed by atoms with van der Waals surface area (Å²) >= 11 is 0. The molecule has 5 aliphatic carbocycles. The highest BCUT2D eigenvalue weighted by atomic mass is 16.5. The van der Waals surface area contributed by atoms with Gasteiger partial charge in [0.2, 0.25) is 0 Å². The Kier molecular flexibility index (Phi) is 7.67. The lowest BCUT2D eigenvalue weighted by molar-refractivity contribution is -0.211. The first-order chi connectivity index (χ1) is 21.0. The molecule has 5 aliphatic rings. The smallest absolute Gasteiger partial charge is 0.309 e. The zero-order valence-corrected chi connectivity index (χ0v) is 29.2. The average Bonchev–Trinajstić information content (AvgIpc) is 2.98. The van der Waals surface area contributed by atoms with Gasteiger partial charge in [-0.15, -0.1) is 0 Å². The normalized spacial score (nSPS) is 43.6. The van der Waals surface area contributed by atoms with Crippen molar-refractivity contribution in [1.82, 2.24) is 0 Å². The van der Waals surface area contributed by atoms with Crippen molar-refractivity contribution in [3.8, 4) is 11.5 Å². The number of rotatable bonds is 6. The lowest BCUT2D eigenvalue weighted by atomic mass is 9.33. The van der Waals surface area contributed by atoms with Crippen LogP contribution >= 0.6 is 0 Å². The molecule has 6 nitrogen and oxygen atoms in total. The maximum Gasteiger partial charge on any atom is 0.309 e. The number of carboxylic acid groups (broad SMARTS) is 1. The molecule has 6 heteroatoms. The number of methoxy groups -OCH3 is 2. The number of hydrogen-bond donors (Lipinski definition) is 1. The molecular weight excluding hydrogens is 564 g/mol. The molecule has 1 aromatic carbocycles. The van der Waals surface area contributed by atoms with Crippen molar-refractivity contribution >= 4 is 11.8 Å². The van der Waals surface area contributed by atoms with Gasteiger partial charge in [0.1, 0.15) is 0 Å². The maximum absolute atomic E-state index is 14.6. The van der Waals surface area contributed by atoms with Crippen LogP contribution in [-0.4, -0.2) is 37.2 Å². The van der Waals surface area contributed by atoms with E-state index in [-0.39, 0.29) is 45.0 Å². The second-order valence-corrected chi connectivity index (χ2v) is 17.4. The van der Waals surface area contributed by atoms with Gasteiger partial charge in [0.15, 0.2) is 17.3 Å². The largest absolute Gasteiger partial charge is 0.493 e. The van der Waals surface area contributed by atoms with Crippen LogP contribution in [0.5, 0.6) is 11.5 Å². The second-order valence-electron chi connectivity index (χ2n) is 17.4. The molecule has 248 valence electrons. The first kappa shape index (κ1) is 32.6. The Labute approximate surface area is 270 Å². The molecule has 0 bridgehead atoms. The van der Waals surface area contributed by atoms with E-state index in [9.17, 15) is 14.7 Å². The molecule has 0 radical (unpaired) electrons. The Bertz CT molecular complexity index is 1410. The third kappa shape index (κ3) is 4.58. The number of carboxylic acids is 1. The van der Waals surface area contributed by atoms with Crippen molar-refractivity contribution < 1.29 is 28.9 Å². The summed E-state index contributed by atoms with van der Waals surface area (Å²) in [6.45, 7) is 16.8. The van der Waals surface area contributed by atoms with E-state index in [1.54, 1.807) is 14.2 Å². The summed E-state index contributed by atoms with van der Waals surface area (Å²) in [6, 6.07) is 5.97. The minimum absolute atomic E-state index is 0.0395. The van der Waals surface area contributed by atoms with Gasteiger partial charge in [-0.2, -0.15) is 0 Å². The van der Waals surface area contributed by atoms with Gasteiger partial charge in [-0.3, -0.25) is 9.59 Å². The highest BCUT2D eigenvalue weighted by molar-refractivity contribution is 5.95. The SMILES string of the molecule is COc1ccc(CO[C@H]2CC[C@]3(C)[C@H]4C(=O)C=C5[C@@H]6C[C@@](C)(C(=O)O)CC[C@]6(C)CC[C@@]5(C)[C@]4(C)CC[C@H]3C2(C)C)cc1OC. The number of fused-ring (bicyclic) bond motifs is 7. The number of aliphatic carboxylic acids is 1. The Morgan fingerprint density at radius 3 is 2.24 bits per heavy atom. The molecule has 0 heterocycles. The molecule has 0 aromatic heterocycles. The summed E-state index contributed by atoms with van der Waals surface area (Å²) in [7, 11) is 3.30. The molecule has 0 aliphatic heterocycles. The molecule has 1 aromatic rings. The molecule has 0 amide bonds. The minimum atomic E-state index is -0.729. The minimum Gasteiger partial charge on any atom is -0.493 e. The lowest BCUT2D eigenvalue weighted by Crippen LogP contribution is -2.66. The van der Waals surface area contributed by atoms with Crippen molar-refractivity contribution in [1.29, 1.82) is 0 Å². The summed E-state index contributed by atoms with van der Waals surface area (Å²) in [5.41, 5.74) is 1.21. The van der Waals surface area contributed by atoms with Gasteiger partial charge in [-0.05, 0) is 127 Å². The van der Waals surface area contributed by atoms with Crippen LogP contribution in [0, 0.1) is 50.2 Å². The molecule has 4 fully saturated rings. The average molecular weight is 621 g/mol. The topological polar surface area (TPSA) is 82.1 Å². The zero-order valence-electron chi connectivity index (χ0n) is 29.2. The fourth-order valence-corrected chi connectivity index (χ4v) is 11.8. The van der Waals surface area contributed by atoms with E-state index in [0.29, 0.717) is 36.2 Å². The number of carbonyl (C=O) groups excluding carboxylic acids is 1. The molecule has 0 spiro atoms. The molecule has 0 saturated heterocycles. The van der Waals surface area contributed by atoms with Crippen LogP contribution < -0.4 is 9.47 Å². The van der Waals surface area contributed by atoms with Gasteiger partial charge in [-0.25, -0.2) is 0 Å². The summed E-state index contributed by atoms with van der Waals surface area (Å²) < 4.78 is 17.7. The van der Waals surface area contributed by atoms with E-state index in [0.717, 1.165) is 56.9 Å². The molecule has 0 unspecified atom stereocenters. The van der Waals surface area contributed by atoms with Crippen molar-refractivity contribution in [3.05, 3.63) is 35.4 Å². The van der Waals surface area contributed by atoms with E-state index in [4.69, 9.17) is 14.2 Å². The predicted molar refractivity (Wildman–Crippen MR) is 175 cm³/mol. The Hall–Kier alpha value is -2.34. The Balaban J connectivity index is 1.29. The van der Waals surface area contributed by atoms with E-state index in [1.165, 1.54) is 5.57 Å². The van der Waals surface area contributed by atoms with Gasteiger partial charge in [0.25, 0.3) is 0 Å². The van der Waals surface area contributed by atoms with Crippen molar-refractivity contribution in [3.63, 3.8) is 0 Å². The van der Waals surface area contributed by atoms with E-state index in [2.05, 4.69) is 47.6 Å². The quantitative estimate of drug-likeness (QED) is 0.343. The number of allylic oxidation sites excluding steroid dienone is 2. The summed E-state index contributed by atoms with van der Waals surface area (Å²) in [5.74, 6) is 1.51. The monoisotopic (exact) mass is 620 g/mol. The zero-order chi connectivity index (χ0) is 32.8. The lowest BCUT2D eigenvalue weighted by Gasteiger charge is -2.70. The van der Waals surface area contributed by atoms with Gasteiger partial charge >= 0.3 is 5.97 Å². The van der Waals surface area contributed by atoms with Crippen LogP contribution in [0.25, 0.3) is 0 Å². The van der Waals surface area contributed by atoms with Crippen LogP contribution in [0.4, 0.5) is 0 Å². The Morgan fingerprint density at radius 2 is 1.58 bits per heavy atom. The number of ketones is 1. The molecule has 6 rings (SSSR count). The van der Waals surface area contributed by atoms with Gasteiger partial charge < -0.3 is 19.3 Å². The fourth-order valence-electron chi connectivity index (χ4n) is 11.8. The van der Waals surface area contributed by atoms with Crippen molar-refractivity contribution in [2.75, 3.05) is 14.2 Å². The van der Waals surface area contributed by atoms with Crippen molar-refractivity contribution in [2.24, 2.45) is 50.2 Å². The second kappa shape index (κ2) is 10.6. The third-order valence-corrected chi connectivity index (χ3v) is 14.9. The van der Waals surface area contributed by atoms with Crippen LogP contribution in [0.2, 0.25) is 0 Å². The van der Waals surface area contributed by atoms with Crippen LogP contribution in [0.15, 0.2) is 29.8 Å². The number of benzene rings is 1. The number of hydrogen-bond acceptors (Lipinski definition) is 5. The van der Waals surface area contributed by atoms with Gasteiger partial charge in [0, 0.05) is 5.92 Å². The van der Waals surface area contributed by atoms with Crippen LogP contribution in [0.3, 0.4) is 0 Å². The third-order valence-electron chi connectivity index (χ3n) is 14.9. The molecule has 9 atom stereocenters. The molecule has 1 N–H and O–H groups in total. The summed E-state index contributed by atoms with van der Waals surface area (Å²) in [5, 5.41) is 10.2. The van der Waals surface area contributed by atoms with E-state index in [1.807, 2.05) is 25.1 Å². The standard InChI is InChI=1S/C39H56O6/c1-34(2)30-12-15-39(7)32(37(30,5)14-13-31(34)45-23-24-10-11-28(43-8)29(20-24)44-9)27(40)21-25-26-22-36(4,33(41)42)17-16-35(26,3)18-19-38(25,39)6/h10-11,20-21,26,30-32H,12-19,22-23H2,1-9H3,(H,41,42)/t26-,30-,31-,32+,35+,36-,37-,38+,39+/m0/s1. The van der Waals surface area contributed by atoms with Crippen LogP contribution in [-0.2, 0) is 20.9 Å².